The molecule has 1 aromatic rings. The van der Waals surface area contributed by atoms with E-state index in [0.717, 1.165) is 38.8 Å². The molecule has 3 rings (SSSR count). The summed E-state index contributed by atoms with van der Waals surface area (Å²) in [7, 11) is 0. The van der Waals surface area contributed by atoms with Gasteiger partial charge in [0.25, 0.3) is 0 Å². The Labute approximate surface area is 137 Å². The normalized spacial score (nSPS) is 25.1. The number of aromatic nitrogens is 1. The molecule has 0 spiro atoms. The van der Waals surface area contributed by atoms with Crippen LogP contribution in [0.2, 0.25) is 0 Å². The fraction of sp³-hybridized carbons (Fsp3) is 0.667. The molecule has 2 atom stereocenters. The molecule has 2 heterocycles. The molecule has 0 aromatic carbocycles. The maximum atomic E-state index is 12.5. The second-order valence-corrected chi connectivity index (χ2v) is 7.80. The molecule has 1 aromatic heterocycles. The van der Waals surface area contributed by atoms with E-state index in [1.807, 2.05) is 0 Å². The molecule has 1 aliphatic heterocycles. The minimum Gasteiger partial charge on any atom is -0.342 e. The lowest BCUT2D eigenvalue weighted by Gasteiger charge is -2.32. The van der Waals surface area contributed by atoms with Gasteiger partial charge in [-0.3, -0.25) is 4.79 Å². The van der Waals surface area contributed by atoms with E-state index >= 15 is 0 Å². The molecular formula is C18H26N2OS. The lowest BCUT2D eigenvalue weighted by atomic mass is 9.97. The Morgan fingerprint density at radius 1 is 1.45 bits per heavy atom. The molecule has 4 heteroatoms. The molecule has 22 heavy (non-hydrogen) atoms. The summed E-state index contributed by atoms with van der Waals surface area (Å²) in [6, 6.07) is 0. The molecule has 2 aliphatic rings. The largest absolute Gasteiger partial charge is 0.342 e. The predicted molar refractivity (Wildman–Crippen MR) is 91.2 cm³/mol. The van der Waals surface area contributed by atoms with E-state index < -0.39 is 0 Å². The highest BCUT2D eigenvalue weighted by atomic mass is 32.1. The maximum Gasteiger partial charge on any atom is 0.223 e. The highest BCUT2D eigenvalue weighted by Crippen LogP contribution is 2.31. The Hall–Kier alpha value is -1.16. The van der Waals surface area contributed by atoms with Crippen LogP contribution in [0.3, 0.4) is 0 Å². The summed E-state index contributed by atoms with van der Waals surface area (Å²) in [5.41, 5.74) is 1.19. The van der Waals surface area contributed by atoms with Gasteiger partial charge in [0.15, 0.2) is 0 Å². The van der Waals surface area contributed by atoms with Gasteiger partial charge in [-0.2, -0.15) is 0 Å². The number of hydrogen-bond donors (Lipinski definition) is 0. The van der Waals surface area contributed by atoms with Crippen molar-refractivity contribution in [1.82, 2.24) is 9.88 Å². The summed E-state index contributed by atoms with van der Waals surface area (Å²) in [6.45, 7) is 6.16. The smallest absolute Gasteiger partial charge is 0.223 e. The quantitative estimate of drug-likeness (QED) is 0.774. The van der Waals surface area contributed by atoms with Crippen LogP contribution in [0.15, 0.2) is 17.5 Å². The summed E-state index contributed by atoms with van der Waals surface area (Å²) in [5.74, 6) is 1.73. The number of carbonyl (C=O) groups is 1. The Bertz CT molecular complexity index is 549. The van der Waals surface area contributed by atoms with Gasteiger partial charge >= 0.3 is 0 Å². The van der Waals surface area contributed by atoms with Crippen molar-refractivity contribution in [2.45, 2.75) is 57.8 Å². The standard InChI is InChI=1S/C18H26N2OS/c1-13(2)16-12-22-18(19-16)15-8-5-9-20(11-15)17(21)10-14-6-3-4-7-14/h3,6,12-15H,4-5,7-11H2,1-2H3/t14-,15+/m1/s1. The van der Waals surface area contributed by atoms with Gasteiger partial charge in [-0.05, 0) is 37.5 Å². The van der Waals surface area contributed by atoms with Crippen molar-refractivity contribution >= 4 is 17.2 Å². The first-order valence-corrected chi connectivity index (χ1v) is 9.41. The number of carbonyl (C=O) groups excluding carboxylic acids is 1. The summed E-state index contributed by atoms with van der Waals surface area (Å²) in [6.07, 6.45) is 9.67. The number of amides is 1. The third-order valence-electron chi connectivity index (χ3n) is 4.80. The fourth-order valence-electron chi connectivity index (χ4n) is 3.38. The molecule has 120 valence electrons. The zero-order valence-electron chi connectivity index (χ0n) is 13.6. The molecule has 1 fully saturated rings. The molecule has 0 unspecified atom stereocenters. The predicted octanol–water partition coefficient (Wildman–Crippen LogP) is 4.33. The van der Waals surface area contributed by atoms with Gasteiger partial charge in [0.05, 0.1) is 10.7 Å². The van der Waals surface area contributed by atoms with Gasteiger partial charge in [-0.25, -0.2) is 4.98 Å². The number of nitrogens with zero attached hydrogens (tertiary/aromatic N) is 2. The molecule has 0 N–H and O–H groups in total. The van der Waals surface area contributed by atoms with Gasteiger partial charge in [-0.15, -0.1) is 11.3 Å². The first kappa shape index (κ1) is 15.7. The highest BCUT2D eigenvalue weighted by Gasteiger charge is 2.28. The third kappa shape index (κ3) is 3.60. The van der Waals surface area contributed by atoms with Crippen LogP contribution in [-0.2, 0) is 4.79 Å². The van der Waals surface area contributed by atoms with E-state index in [0.29, 0.717) is 30.1 Å². The highest BCUT2D eigenvalue weighted by molar-refractivity contribution is 7.09. The number of likely N-dealkylation sites (tertiary alicyclic amines) is 1. The van der Waals surface area contributed by atoms with E-state index in [-0.39, 0.29) is 0 Å². The van der Waals surface area contributed by atoms with Crippen LogP contribution >= 0.6 is 11.3 Å². The summed E-state index contributed by atoms with van der Waals surface area (Å²) < 4.78 is 0. The number of hydrogen-bond acceptors (Lipinski definition) is 3. The van der Waals surface area contributed by atoms with Crippen molar-refractivity contribution < 1.29 is 4.79 Å². The van der Waals surface area contributed by atoms with Crippen LogP contribution in [-0.4, -0.2) is 28.9 Å². The van der Waals surface area contributed by atoms with Crippen LogP contribution in [0, 0.1) is 5.92 Å². The number of rotatable bonds is 4. The molecule has 0 saturated carbocycles. The fourth-order valence-corrected chi connectivity index (χ4v) is 4.49. The second-order valence-electron chi connectivity index (χ2n) is 6.91. The average molecular weight is 318 g/mol. The molecule has 0 bridgehead atoms. The molecule has 3 nitrogen and oxygen atoms in total. The monoisotopic (exact) mass is 318 g/mol. The lowest BCUT2D eigenvalue weighted by molar-refractivity contribution is -0.133. The van der Waals surface area contributed by atoms with Crippen molar-refractivity contribution in [2.24, 2.45) is 5.92 Å². The Morgan fingerprint density at radius 3 is 3.00 bits per heavy atom. The Morgan fingerprint density at radius 2 is 2.32 bits per heavy atom. The molecule has 1 saturated heterocycles. The molecule has 1 amide bonds. The van der Waals surface area contributed by atoms with Crippen molar-refractivity contribution in [1.29, 1.82) is 0 Å². The number of piperidine rings is 1. The van der Waals surface area contributed by atoms with Gasteiger partial charge in [0.2, 0.25) is 5.91 Å². The molecule has 0 radical (unpaired) electrons. The van der Waals surface area contributed by atoms with E-state index in [4.69, 9.17) is 4.98 Å². The van der Waals surface area contributed by atoms with Crippen molar-refractivity contribution in [3.63, 3.8) is 0 Å². The molecule has 1 aliphatic carbocycles. The van der Waals surface area contributed by atoms with Crippen LogP contribution in [0.1, 0.15) is 68.5 Å². The van der Waals surface area contributed by atoms with Crippen molar-refractivity contribution in [3.8, 4) is 0 Å². The van der Waals surface area contributed by atoms with Gasteiger partial charge in [0.1, 0.15) is 0 Å². The third-order valence-corrected chi connectivity index (χ3v) is 5.83. The number of allylic oxidation sites excluding steroid dienone is 2. The zero-order valence-corrected chi connectivity index (χ0v) is 14.4. The van der Waals surface area contributed by atoms with Crippen LogP contribution in [0.4, 0.5) is 0 Å². The van der Waals surface area contributed by atoms with E-state index in [1.54, 1.807) is 11.3 Å². The minimum atomic E-state index is 0.335. The molecular weight excluding hydrogens is 292 g/mol. The van der Waals surface area contributed by atoms with Gasteiger partial charge < -0.3 is 4.90 Å². The van der Waals surface area contributed by atoms with Crippen molar-refractivity contribution in [2.75, 3.05) is 13.1 Å². The SMILES string of the molecule is CC(C)c1csc([C@H]2CCCN(C(=O)C[C@@H]3C=CCC3)C2)n1. The Kier molecular flexibility index (Phi) is 4.97. The van der Waals surface area contributed by atoms with Crippen molar-refractivity contribution in [3.05, 3.63) is 28.2 Å². The average Bonchev–Trinajstić information content (AvgIpc) is 3.18. The van der Waals surface area contributed by atoms with Gasteiger partial charge in [0, 0.05) is 30.8 Å². The van der Waals surface area contributed by atoms with E-state index in [1.165, 1.54) is 10.7 Å². The Balaban J connectivity index is 1.60. The van der Waals surface area contributed by atoms with Crippen LogP contribution in [0.25, 0.3) is 0 Å². The lowest BCUT2D eigenvalue weighted by Crippen LogP contribution is -2.39. The topological polar surface area (TPSA) is 33.2 Å². The second kappa shape index (κ2) is 6.95. The van der Waals surface area contributed by atoms with Gasteiger partial charge in [-0.1, -0.05) is 26.0 Å². The zero-order chi connectivity index (χ0) is 15.5. The maximum absolute atomic E-state index is 12.5. The minimum absolute atomic E-state index is 0.335. The summed E-state index contributed by atoms with van der Waals surface area (Å²) >= 11 is 1.77. The van der Waals surface area contributed by atoms with E-state index in [9.17, 15) is 4.79 Å². The first-order valence-electron chi connectivity index (χ1n) is 8.53. The number of thiazole rings is 1. The first-order chi connectivity index (χ1) is 10.6. The van der Waals surface area contributed by atoms with Crippen LogP contribution in [0.5, 0.6) is 0 Å². The summed E-state index contributed by atoms with van der Waals surface area (Å²) in [5, 5.41) is 3.41. The van der Waals surface area contributed by atoms with E-state index in [2.05, 4.69) is 36.3 Å². The van der Waals surface area contributed by atoms with Crippen LogP contribution < -0.4 is 0 Å². The summed E-state index contributed by atoms with van der Waals surface area (Å²) in [4.78, 5) is 19.4.